The number of benzene rings is 1. The molecule has 76 valence electrons. The van der Waals surface area contributed by atoms with Crippen molar-refractivity contribution in [2.45, 2.75) is 4.90 Å². The molecule has 0 heterocycles. The first-order chi connectivity index (χ1) is 6.50. The smallest absolute Gasteiger partial charge is 0.285 e. The molecule has 0 atom stereocenters. The topological polar surface area (TPSA) is 20.3 Å². The van der Waals surface area contributed by atoms with Crippen LogP contribution in [0.4, 0.5) is 4.79 Å². The van der Waals surface area contributed by atoms with Crippen molar-refractivity contribution >= 4 is 40.2 Å². The first-order valence-corrected chi connectivity index (χ1v) is 5.42. The van der Waals surface area contributed by atoms with Gasteiger partial charge in [0.05, 0.1) is 10.0 Å². The Bertz CT molecular complexity index is 355. The number of hydrogen-bond acceptors (Lipinski definition) is 2. The van der Waals surface area contributed by atoms with Gasteiger partial charge in [0.15, 0.2) is 0 Å². The van der Waals surface area contributed by atoms with Crippen molar-refractivity contribution in [3.63, 3.8) is 0 Å². The molecule has 0 aliphatic carbocycles. The molecule has 0 aromatic heterocycles. The van der Waals surface area contributed by atoms with Crippen molar-refractivity contribution in [2.75, 3.05) is 14.1 Å². The minimum atomic E-state index is -0.0385. The van der Waals surface area contributed by atoms with Crippen LogP contribution in [0.1, 0.15) is 0 Å². The summed E-state index contributed by atoms with van der Waals surface area (Å²) in [5.41, 5.74) is 0. The second kappa shape index (κ2) is 4.91. The zero-order valence-electron chi connectivity index (χ0n) is 7.75. The summed E-state index contributed by atoms with van der Waals surface area (Å²) in [5, 5.41) is 0.917. The van der Waals surface area contributed by atoms with E-state index in [0.717, 1.165) is 16.7 Å². The predicted octanol–water partition coefficient (Wildman–Crippen LogP) is 3.77. The molecule has 1 aromatic carbocycles. The lowest BCUT2D eigenvalue weighted by atomic mass is 10.4. The second-order valence-electron chi connectivity index (χ2n) is 2.84. The summed E-state index contributed by atoms with van der Waals surface area (Å²) < 4.78 is 0. The van der Waals surface area contributed by atoms with Crippen molar-refractivity contribution in [1.29, 1.82) is 0 Å². The van der Waals surface area contributed by atoms with E-state index in [1.807, 2.05) is 0 Å². The number of carbonyl (C=O) groups is 1. The summed E-state index contributed by atoms with van der Waals surface area (Å²) in [5.74, 6) is 0. The summed E-state index contributed by atoms with van der Waals surface area (Å²) >= 11 is 12.7. The molecule has 0 spiro atoms. The molecule has 0 bridgehead atoms. The highest BCUT2D eigenvalue weighted by Gasteiger charge is 2.07. The Morgan fingerprint density at radius 1 is 1.29 bits per heavy atom. The lowest BCUT2D eigenvalue weighted by Gasteiger charge is -2.09. The molecule has 1 aromatic rings. The van der Waals surface area contributed by atoms with Gasteiger partial charge in [0.25, 0.3) is 5.24 Å². The molecule has 0 unspecified atom stereocenters. The third-order valence-electron chi connectivity index (χ3n) is 1.46. The summed E-state index contributed by atoms with van der Waals surface area (Å²) in [4.78, 5) is 13.6. The van der Waals surface area contributed by atoms with Crippen LogP contribution in [0.5, 0.6) is 0 Å². The van der Waals surface area contributed by atoms with E-state index in [4.69, 9.17) is 23.2 Å². The lowest BCUT2D eigenvalue weighted by molar-refractivity contribution is 0.241. The maximum absolute atomic E-state index is 11.3. The number of hydrogen-bond donors (Lipinski definition) is 0. The van der Waals surface area contributed by atoms with Crippen molar-refractivity contribution in [3.05, 3.63) is 28.2 Å². The van der Waals surface area contributed by atoms with Crippen LogP contribution in [0, 0.1) is 0 Å². The minimum absolute atomic E-state index is 0.0385. The summed E-state index contributed by atoms with van der Waals surface area (Å²) in [6.07, 6.45) is 0. The molecule has 0 fully saturated rings. The Hall–Kier alpha value is -0.380. The second-order valence-corrected chi connectivity index (χ2v) is 4.68. The van der Waals surface area contributed by atoms with Crippen LogP contribution in [-0.4, -0.2) is 24.2 Å². The minimum Gasteiger partial charge on any atom is -0.339 e. The zero-order chi connectivity index (χ0) is 10.7. The van der Waals surface area contributed by atoms with Gasteiger partial charge in [-0.3, -0.25) is 4.79 Å². The van der Waals surface area contributed by atoms with Gasteiger partial charge < -0.3 is 4.90 Å². The molecule has 0 saturated carbocycles. The fourth-order valence-electron chi connectivity index (χ4n) is 0.732. The van der Waals surface area contributed by atoms with Gasteiger partial charge in [-0.15, -0.1) is 0 Å². The van der Waals surface area contributed by atoms with Gasteiger partial charge in [-0.2, -0.15) is 0 Å². The first kappa shape index (κ1) is 11.7. The molecule has 1 amide bonds. The number of halogens is 2. The van der Waals surface area contributed by atoms with Gasteiger partial charge in [-0.1, -0.05) is 23.2 Å². The van der Waals surface area contributed by atoms with Gasteiger partial charge >= 0.3 is 0 Å². The fraction of sp³-hybridized carbons (Fsp3) is 0.222. The highest BCUT2D eigenvalue weighted by Crippen LogP contribution is 2.28. The molecule has 0 radical (unpaired) electrons. The standard InChI is InChI=1S/C9H9Cl2NOS/c1-12(2)9(13)14-6-3-4-7(10)8(11)5-6/h3-5H,1-2H3. The van der Waals surface area contributed by atoms with Gasteiger partial charge in [0.1, 0.15) is 0 Å². The predicted molar refractivity (Wildman–Crippen MR) is 61.4 cm³/mol. The normalized spacial score (nSPS) is 10.0. The van der Waals surface area contributed by atoms with E-state index in [0.29, 0.717) is 10.0 Å². The molecule has 0 aliphatic heterocycles. The average molecular weight is 250 g/mol. The Morgan fingerprint density at radius 3 is 2.43 bits per heavy atom. The first-order valence-electron chi connectivity index (χ1n) is 3.85. The van der Waals surface area contributed by atoms with E-state index < -0.39 is 0 Å². The highest BCUT2D eigenvalue weighted by molar-refractivity contribution is 8.13. The van der Waals surface area contributed by atoms with Crippen molar-refractivity contribution in [3.8, 4) is 0 Å². The Labute approximate surface area is 97.2 Å². The maximum atomic E-state index is 11.3. The van der Waals surface area contributed by atoms with E-state index >= 15 is 0 Å². The molecular formula is C9H9Cl2NOS. The highest BCUT2D eigenvalue weighted by atomic mass is 35.5. The molecular weight excluding hydrogens is 241 g/mol. The van der Waals surface area contributed by atoms with E-state index in [1.165, 1.54) is 4.90 Å². The fourth-order valence-corrected chi connectivity index (χ4v) is 1.79. The van der Waals surface area contributed by atoms with Crippen LogP contribution in [0.3, 0.4) is 0 Å². The quantitative estimate of drug-likeness (QED) is 0.707. The van der Waals surface area contributed by atoms with Crippen molar-refractivity contribution in [1.82, 2.24) is 4.90 Å². The lowest BCUT2D eigenvalue weighted by Crippen LogP contribution is -2.15. The molecule has 2 nitrogen and oxygen atoms in total. The monoisotopic (exact) mass is 249 g/mol. The van der Waals surface area contributed by atoms with Crippen LogP contribution in [0.2, 0.25) is 10.0 Å². The van der Waals surface area contributed by atoms with E-state index in [-0.39, 0.29) is 5.24 Å². The van der Waals surface area contributed by atoms with Crippen LogP contribution < -0.4 is 0 Å². The SMILES string of the molecule is CN(C)C(=O)Sc1ccc(Cl)c(Cl)c1. The Kier molecular flexibility index (Phi) is 4.11. The number of amides is 1. The average Bonchev–Trinajstić information content (AvgIpc) is 2.11. The zero-order valence-corrected chi connectivity index (χ0v) is 10.1. The van der Waals surface area contributed by atoms with Gasteiger partial charge in [-0.05, 0) is 30.0 Å². The molecule has 5 heteroatoms. The van der Waals surface area contributed by atoms with E-state index in [2.05, 4.69) is 0 Å². The third-order valence-corrected chi connectivity index (χ3v) is 3.23. The van der Waals surface area contributed by atoms with Crippen molar-refractivity contribution in [2.24, 2.45) is 0 Å². The largest absolute Gasteiger partial charge is 0.339 e. The Morgan fingerprint density at radius 2 is 1.93 bits per heavy atom. The van der Waals surface area contributed by atoms with Crippen LogP contribution in [0.25, 0.3) is 0 Å². The molecule has 14 heavy (non-hydrogen) atoms. The number of rotatable bonds is 1. The summed E-state index contributed by atoms with van der Waals surface area (Å²) in [6, 6.07) is 5.12. The Balaban J connectivity index is 2.78. The maximum Gasteiger partial charge on any atom is 0.285 e. The van der Waals surface area contributed by atoms with Gasteiger partial charge in [0, 0.05) is 19.0 Å². The molecule has 0 N–H and O–H groups in total. The summed E-state index contributed by atoms with van der Waals surface area (Å²) in [7, 11) is 3.40. The van der Waals surface area contributed by atoms with Crippen LogP contribution >= 0.6 is 35.0 Å². The summed E-state index contributed by atoms with van der Waals surface area (Å²) in [6.45, 7) is 0. The van der Waals surface area contributed by atoms with E-state index in [1.54, 1.807) is 32.3 Å². The van der Waals surface area contributed by atoms with Crippen LogP contribution in [-0.2, 0) is 0 Å². The van der Waals surface area contributed by atoms with E-state index in [9.17, 15) is 4.79 Å². The van der Waals surface area contributed by atoms with Gasteiger partial charge in [-0.25, -0.2) is 0 Å². The molecule has 0 saturated heterocycles. The van der Waals surface area contributed by atoms with Crippen LogP contribution in [0.15, 0.2) is 23.1 Å². The number of nitrogens with zero attached hydrogens (tertiary/aromatic N) is 1. The van der Waals surface area contributed by atoms with Gasteiger partial charge in [0.2, 0.25) is 0 Å². The molecule has 0 aliphatic rings. The van der Waals surface area contributed by atoms with Crippen molar-refractivity contribution < 1.29 is 4.79 Å². The number of carbonyl (C=O) groups excluding carboxylic acids is 1. The third kappa shape index (κ3) is 3.08. The number of thioether (sulfide) groups is 1. The molecule has 1 rings (SSSR count).